The van der Waals surface area contributed by atoms with Crippen molar-refractivity contribution in [2.24, 2.45) is 26.5 Å². The molecule has 47 heteroatoms. The van der Waals surface area contributed by atoms with Gasteiger partial charge in [0.25, 0.3) is 16.7 Å². The molecule has 0 radical (unpaired) electrons. The first-order chi connectivity index (χ1) is 62.8. The summed E-state index contributed by atoms with van der Waals surface area (Å²) in [5.41, 5.74) is 23.3. The zero-order valence-electron chi connectivity index (χ0n) is 76.2. The van der Waals surface area contributed by atoms with Crippen LogP contribution in [-0.2, 0) is 132 Å². The van der Waals surface area contributed by atoms with Gasteiger partial charge in [-0.2, -0.15) is 30.6 Å². The van der Waals surface area contributed by atoms with Gasteiger partial charge in [0.1, 0.15) is 50.6 Å². The van der Waals surface area contributed by atoms with Gasteiger partial charge in [-0.15, -0.1) is 95.6 Å². The average molecular weight is 1990 g/mol. The van der Waals surface area contributed by atoms with Gasteiger partial charge in [0.15, 0.2) is 27.4 Å². The summed E-state index contributed by atoms with van der Waals surface area (Å²) >= 11 is 12.2. The first-order valence-electron chi connectivity index (χ1n) is 42.0. The quantitative estimate of drug-likeness (QED) is 0.0103. The van der Waals surface area contributed by atoms with E-state index in [4.69, 9.17) is 46.1 Å². The van der Waals surface area contributed by atoms with Crippen molar-refractivity contribution in [2.75, 3.05) is 38.8 Å². The minimum Gasteiger partial charge on any atom is -0.466 e. The molecule has 0 bridgehead atoms. The number of nitrogens with one attached hydrogen (secondary N) is 2. The van der Waals surface area contributed by atoms with Gasteiger partial charge < -0.3 is 48.3 Å². The molecule has 37 nitrogen and oxygen atoms in total. The maximum absolute atomic E-state index is 13.1. The van der Waals surface area contributed by atoms with E-state index in [-0.39, 0.29) is 62.9 Å². The van der Waals surface area contributed by atoms with Crippen LogP contribution in [0.1, 0.15) is 125 Å². The summed E-state index contributed by atoms with van der Waals surface area (Å²) in [5.74, 6) is -0.471. The van der Waals surface area contributed by atoms with Crippen molar-refractivity contribution >= 4 is 188 Å². The Hall–Kier alpha value is -10.8. The molecule has 0 unspecified atom stereocenters. The first kappa shape index (κ1) is 105. The SMILES string of the molecule is C.C.CC(C)(C)ON=O.CCOC(=O)Cc1csc(N)n1.CCOC(=O)Cc1cscn1.Cn1c2nc(Cc3ccn(COCC[Si](C)(C)C)n3)sc2c2cn[nH]c(=O)c21.Cn1c2nc(Cc3ccn(COCC[Si](C)(C)C)n3)sc2c2cnn(CCc3cscn3)c(=O)c21.Cn1c2nc(Cc3ccn[nH]3)sc2c2cnn(CCc3cscn3)c(=O)c21.OCCc1cscn1.[2H]CC. The number of thiazole rings is 8. The lowest BCUT2D eigenvalue weighted by molar-refractivity contribution is -0.143. The molecule has 17 heterocycles. The van der Waals surface area contributed by atoms with Gasteiger partial charge in [0, 0.05) is 164 Å². The molecule has 0 fully saturated rings. The Labute approximate surface area is 798 Å². The van der Waals surface area contributed by atoms with E-state index in [1.165, 1.54) is 32.0 Å². The Morgan fingerprint density at radius 3 is 1.36 bits per heavy atom. The molecule has 0 aromatic carbocycles. The number of aromatic nitrogens is 23. The van der Waals surface area contributed by atoms with Gasteiger partial charge in [0.05, 0.1) is 134 Å². The molecule has 17 rings (SSSR count). The van der Waals surface area contributed by atoms with Crippen LogP contribution in [0.25, 0.3) is 63.8 Å². The zero-order valence-corrected chi connectivity index (χ0v) is 83.7. The second-order valence-electron chi connectivity index (χ2n) is 32.1. The number of hydrogen-bond donors (Lipinski definition) is 4. The lowest BCUT2D eigenvalue weighted by Crippen LogP contribution is -2.25. The van der Waals surface area contributed by atoms with Crippen LogP contribution in [-0.4, -0.2) is 185 Å². The largest absolute Gasteiger partial charge is 0.466 e. The molecule has 0 aliphatic carbocycles. The van der Waals surface area contributed by atoms with E-state index in [1.54, 1.807) is 162 Å². The molecule has 132 heavy (non-hydrogen) atoms. The zero-order chi connectivity index (χ0) is 94.4. The third kappa shape index (κ3) is 31.4. The Balaban J connectivity index is 0.000000203. The van der Waals surface area contributed by atoms with Crippen LogP contribution in [0, 0.1) is 4.91 Å². The highest BCUT2D eigenvalue weighted by molar-refractivity contribution is 7.20. The molecule has 0 saturated carbocycles. The number of carbonyl (C=O) groups is 2. The number of aliphatic hydroxyl groups is 1. The first-order valence-corrected chi connectivity index (χ1v) is 55.9. The fourth-order valence-corrected chi connectivity index (χ4v) is 20.0. The van der Waals surface area contributed by atoms with E-state index in [0.717, 1.165) is 127 Å². The molecule has 5 N–H and O–H groups in total. The maximum Gasteiger partial charge on any atom is 0.311 e. The maximum atomic E-state index is 13.1. The van der Waals surface area contributed by atoms with Crippen LogP contribution < -0.4 is 22.4 Å². The van der Waals surface area contributed by atoms with Crippen molar-refractivity contribution in [2.45, 2.75) is 198 Å². The highest BCUT2D eigenvalue weighted by atomic mass is 32.1. The number of fused-ring (bicyclic) bond motifs is 9. The van der Waals surface area contributed by atoms with E-state index >= 15 is 0 Å². The lowest BCUT2D eigenvalue weighted by atomic mass is 10.2. The molecular formula is C85H117N25O12S8Si2. The van der Waals surface area contributed by atoms with Gasteiger partial charge in [-0.05, 0) is 64.9 Å². The van der Waals surface area contributed by atoms with Crippen LogP contribution in [0.2, 0.25) is 51.4 Å². The van der Waals surface area contributed by atoms with Crippen molar-refractivity contribution in [3.63, 3.8) is 0 Å². The van der Waals surface area contributed by atoms with E-state index < -0.39 is 21.7 Å². The second kappa shape index (κ2) is 51.4. The average Bonchev–Trinajstić information content (AvgIpc) is 1.62. The molecule has 0 aliphatic heterocycles. The van der Waals surface area contributed by atoms with Crippen LogP contribution in [0.3, 0.4) is 0 Å². The number of ether oxygens (including phenoxy) is 4. The number of nitrogens with two attached hydrogens (primary N) is 1. The van der Waals surface area contributed by atoms with Gasteiger partial charge in [0.2, 0.25) is 0 Å². The summed E-state index contributed by atoms with van der Waals surface area (Å²) in [7, 11) is 3.48. The number of aromatic amines is 2. The number of hydrogen-bond acceptors (Lipinski definition) is 36. The highest BCUT2D eigenvalue weighted by Crippen LogP contribution is 2.35. The molecule has 17 aromatic rings. The monoisotopic (exact) mass is 1990 g/mol. The number of aliphatic hydroxyl groups excluding tert-OH is 1. The minimum atomic E-state index is -1.09. The summed E-state index contributed by atoms with van der Waals surface area (Å²) in [6.07, 6.45) is 15.4. The Morgan fingerprint density at radius 2 is 0.985 bits per heavy atom. The molecule has 0 atom stereocenters. The highest BCUT2D eigenvalue weighted by Gasteiger charge is 2.24. The lowest BCUT2D eigenvalue weighted by Gasteiger charge is -2.15. The number of carbonyl (C=O) groups excluding carboxylic acids is 2. The van der Waals surface area contributed by atoms with E-state index in [1.807, 2.05) is 96.3 Å². The molecule has 0 spiro atoms. The Bertz CT molecular complexity index is 6570. The Kier molecular flexibility index (Phi) is 40.9. The number of nitrogens with zero attached hydrogens (tertiary/aromatic N) is 22. The minimum absolute atomic E-state index is 0. The van der Waals surface area contributed by atoms with Crippen LogP contribution in [0.4, 0.5) is 5.13 Å². The van der Waals surface area contributed by atoms with Crippen LogP contribution in [0.5, 0.6) is 0 Å². The normalized spacial score (nSPS) is 11.3. The van der Waals surface area contributed by atoms with Crippen LogP contribution in [0.15, 0.2) is 124 Å². The van der Waals surface area contributed by atoms with Crippen molar-refractivity contribution in [3.05, 3.63) is 201 Å². The summed E-state index contributed by atoms with van der Waals surface area (Å²) in [6, 6.07) is 8.24. The van der Waals surface area contributed by atoms with Crippen molar-refractivity contribution in [1.82, 2.24) is 113 Å². The second-order valence-corrected chi connectivity index (χ2v) is 50.4. The number of aryl methyl sites for hydroxylation is 7. The van der Waals surface area contributed by atoms with Gasteiger partial charge in [-0.1, -0.05) is 68.0 Å². The fraction of sp³-hybridized carbons (Fsp3) is 0.447. The third-order valence-electron chi connectivity index (χ3n) is 18.5. The predicted molar refractivity (Wildman–Crippen MR) is 536 cm³/mol. The molecule has 17 aromatic heterocycles. The summed E-state index contributed by atoms with van der Waals surface area (Å²) in [4.78, 5) is 108. The molecule has 710 valence electrons. The smallest absolute Gasteiger partial charge is 0.311 e. The molecule has 0 aliphatic rings. The van der Waals surface area contributed by atoms with Gasteiger partial charge in [-0.3, -0.25) is 29.1 Å². The number of anilines is 1. The topological polar surface area (TPSA) is 454 Å². The fourth-order valence-electron chi connectivity index (χ4n) is 12.2. The van der Waals surface area contributed by atoms with Crippen molar-refractivity contribution < 1.29 is 39.9 Å². The number of esters is 2. The van der Waals surface area contributed by atoms with E-state index in [0.29, 0.717) is 113 Å². The predicted octanol–water partition coefficient (Wildman–Crippen LogP) is 16.0. The summed E-state index contributed by atoms with van der Waals surface area (Å²) in [5, 5.41) is 57.5. The van der Waals surface area contributed by atoms with Crippen molar-refractivity contribution in [3.8, 4) is 0 Å². The van der Waals surface area contributed by atoms with Crippen LogP contribution >= 0.6 is 90.7 Å². The molecule has 0 saturated heterocycles. The molecule has 0 amide bonds. The standard InChI is InChI=1S/C23H29N7O2S2Si.C18H24N6O2SSi.C17H15N7OS2.C7H10N2O2S.C7H9NO2S.C5H7NOS.C4H9NO2.C2H6.2CH4/c1-28-20-18(12-25-30(23(20)31)8-6-17-13-33-14-24-17)21-22(28)26-19(34-21)11-16-5-7-29(27-16)15-32-9-10-35(2,3)4;1-23-15-13(10-19-21-18(15)25)16-17(23)20-14(27-16)9-12-5-6-24(22-12)11-26-7-8-28(2,3)4;1-23-14-12(7-20-24(17(14)25)5-3-11-8-26-9-18-11)15-16(23)21-13(27-15)6-10-2-4-19-22-10;1-2-11-6(10)3-5-4-12-7(8)9-5;1-2-10-7(9)3-6-4-11-5-8-6;7-2-1-5-3-8-4-6-5;1-4(2,3)7-5-6;1-2;;/h5,7,12-14H,6,8-11,15H2,1-4H3;5-6,10H,7-9,11H2,1-4H3,(H,21,25);2,4,7-9H,3,5-6H2,1H3,(H,19,22);4H,2-3H2,1H3,(H2,8,9);4-5H,2-3H2,1H3;3-4,7H,1-2H2;1-3H3;1-2H3;2*1H4/i;;;;;;;1D;;. The van der Waals surface area contributed by atoms with Gasteiger partial charge in [-0.25, -0.2) is 63.7 Å². The Morgan fingerprint density at radius 1 is 0.561 bits per heavy atom. The van der Waals surface area contributed by atoms with Gasteiger partial charge >= 0.3 is 11.9 Å². The van der Waals surface area contributed by atoms with E-state index in [9.17, 15) is 28.9 Å². The number of rotatable bonds is 31. The number of nitrogen functional groups attached to an aromatic ring is 1. The van der Waals surface area contributed by atoms with Crippen molar-refractivity contribution in [1.29, 1.82) is 0 Å². The summed E-state index contributed by atoms with van der Waals surface area (Å²) < 4.78 is 42.5. The molecular weight excluding hydrogens is 1880 g/mol. The third-order valence-corrected chi connectivity index (χ3v) is 28.4. The van der Waals surface area contributed by atoms with E-state index in [2.05, 4.69) is 115 Å². The number of H-pyrrole nitrogens is 2. The summed E-state index contributed by atoms with van der Waals surface area (Å²) in [6.45, 7) is 29.7.